The van der Waals surface area contributed by atoms with Gasteiger partial charge in [-0.2, -0.15) is 0 Å². The molecule has 3 N–H and O–H groups in total. The lowest BCUT2D eigenvalue weighted by Gasteiger charge is -2.40. The molecule has 0 unspecified atom stereocenters. The minimum absolute atomic E-state index is 0.145. The first-order chi connectivity index (χ1) is 13.2. The number of aromatic nitrogens is 2. The Kier molecular flexibility index (Phi) is 3.97. The van der Waals surface area contributed by atoms with E-state index in [0.29, 0.717) is 0 Å². The van der Waals surface area contributed by atoms with Crippen LogP contribution in [-0.2, 0) is 12.8 Å². The van der Waals surface area contributed by atoms with Crippen molar-refractivity contribution < 1.29 is 0 Å². The summed E-state index contributed by atoms with van der Waals surface area (Å²) in [5, 5.41) is 5.92. The largest absolute Gasteiger partial charge is 0.369 e. The number of nitrogens with two attached hydrogens (primary N) is 1. The molecule has 5 rings (SSSR count). The Morgan fingerprint density at radius 1 is 1.04 bits per heavy atom. The molecular weight excluding hydrogens is 334 g/mol. The molecule has 0 atom stereocenters. The van der Waals surface area contributed by atoms with Crippen LogP contribution in [0.2, 0.25) is 0 Å². The third kappa shape index (κ3) is 3.12. The molecule has 3 heterocycles. The van der Waals surface area contributed by atoms with E-state index < -0.39 is 0 Å². The minimum Gasteiger partial charge on any atom is -0.369 e. The number of nitrogens with zero attached hydrogens (tertiary/aromatic N) is 3. The molecule has 3 aromatic rings. The molecule has 0 radical (unpaired) electrons. The Morgan fingerprint density at radius 3 is 2.70 bits per heavy atom. The fraction of sp³-hybridized carbons (Fsp3) is 0.364. The molecule has 2 aliphatic heterocycles. The van der Waals surface area contributed by atoms with Crippen molar-refractivity contribution in [2.24, 2.45) is 5.73 Å². The average molecular weight is 359 g/mol. The molecule has 0 bridgehead atoms. The van der Waals surface area contributed by atoms with Crippen LogP contribution >= 0.6 is 0 Å². The molecule has 0 saturated carbocycles. The second kappa shape index (κ2) is 6.50. The van der Waals surface area contributed by atoms with Gasteiger partial charge in [0.2, 0.25) is 0 Å². The van der Waals surface area contributed by atoms with Crippen molar-refractivity contribution in [3.8, 4) is 0 Å². The summed E-state index contributed by atoms with van der Waals surface area (Å²) >= 11 is 0. The maximum absolute atomic E-state index is 6.82. The molecule has 27 heavy (non-hydrogen) atoms. The number of hydrogen-bond acceptors (Lipinski definition) is 5. The Morgan fingerprint density at radius 2 is 1.85 bits per heavy atom. The van der Waals surface area contributed by atoms with Crippen molar-refractivity contribution in [3.63, 3.8) is 0 Å². The van der Waals surface area contributed by atoms with E-state index in [1.807, 2.05) is 0 Å². The second-order valence-electron chi connectivity index (χ2n) is 7.91. The molecule has 1 fully saturated rings. The van der Waals surface area contributed by atoms with Crippen molar-refractivity contribution in [2.75, 3.05) is 29.9 Å². The first-order valence-corrected chi connectivity index (χ1v) is 9.80. The quantitative estimate of drug-likeness (QED) is 0.752. The van der Waals surface area contributed by atoms with Crippen LogP contribution in [0.1, 0.15) is 24.0 Å². The first kappa shape index (κ1) is 16.5. The van der Waals surface area contributed by atoms with Crippen LogP contribution < -0.4 is 16.0 Å². The smallest absolute Gasteiger partial charge is 0.137 e. The molecule has 138 valence electrons. The van der Waals surface area contributed by atoms with Gasteiger partial charge in [0.25, 0.3) is 0 Å². The van der Waals surface area contributed by atoms with Crippen LogP contribution in [0.15, 0.2) is 48.8 Å². The summed E-state index contributed by atoms with van der Waals surface area (Å²) in [4.78, 5) is 11.3. The lowest BCUT2D eigenvalue weighted by molar-refractivity contribution is 0.330. The third-order valence-electron chi connectivity index (χ3n) is 6.02. The summed E-state index contributed by atoms with van der Waals surface area (Å²) in [5.74, 6) is 2.10. The lowest BCUT2D eigenvalue weighted by atomic mass is 9.82. The third-order valence-corrected chi connectivity index (χ3v) is 6.02. The zero-order valence-corrected chi connectivity index (χ0v) is 15.5. The summed E-state index contributed by atoms with van der Waals surface area (Å²) in [5.41, 5.74) is 9.26. The van der Waals surface area contributed by atoms with Crippen LogP contribution in [0.25, 0.3) is 10.8 Å². The standard InChI is InChI=1S/C22H25N5/c23-22(14-16-5-6-17-3-1-2-4-18(17)13-16)8-11-27(12-9-22)21-19-7-10-24-20(19)25-15-26-21/h1-6,13,15H,7-12,14,23H2,(H,24,25,26). The van der Waals surface area contributed by atoms with E-state index in [4.69, 9.17) is 5.73 Å². The summed E-state index contributed by atoms with van der Waals surface area (Å²) in [6.45, 7) is 2.86. The average Bonchev–Trinajstić information content (AvgIpc) is 3.17. The minimum atomic E-state index is -0.145. The highest BCUT2D eigenvalue weighted by Gasteiger charge is 2.33. The van der Waals surface area contributed by atoms with Gasteiger partial charge in [-0.25, -0.2) is 9.97 Å². The van der Waals surface area contributed by atoms with Gasteiger partial charge >= 0.3 is 0 Å². The van der Waals surface area contributed by atoms with Crippen LogP contribution in [-0.4, -0.2) is 35.1 Å². The zero-order valence-electron chi connectivity index (χ0n) is 15.5. The van der Waals surface area contributed by atoms with Gasteiger partial charge in [0, 0.05) is 30.7 Å². The molecule has 1 aromatic heterocycles. The monoisotopic (exact) mass is 359 g/mol. The number of hydrogen-bond donors (Lipinski definition) is 2. The predicted octanol–water partition coefficient (Wildman–Crippen LogP) is 3.14. The predicted molar refractivity (Wildman–Crippen MR) is 110 cm³/mol. The molecule has 0 spiro atoms. The summed E-state index contributed by atoms with van der Waals surface area (Å²) in [7, 11) is 0. The normalized spacial score (nSPS) is 18.3. The van der Waals surface area contributed by atoms with Gasteiger partial charge in [-0.3, -0.25) is 0 Å². The van der Waals surface area contributed by atoms with Crippen LogP contribution in [0, 0.1) is 0 Å². The molecule has 5 nitrogen and oxygen atoms in total. The van der Waals surface area contributed by atoms with Crippen molar-refractivity contribution in [1.82, 2.24) is 9.97 Å². The Hall–Kier alpha value is -2.66. The highest BCUT2D eigenvalue weighted by atomic mass is 15.2. The van der Waals surface area contributed by atoms with Gasteiger partial charge in [0.15, 0.2) is 0 Å². The number of piperidine rings is 1. The lowest BCUT2D eigenvalue weighted by Crippen LogP contribution is -2.52. The fourth-order valence-electron chi connectivity index (χ4n) is 4.46. The highest BCUT2D eigenvalue weighted by molar-refractivity contribution is 5.83. The van der Waals surface area contributed by atoms with E-state index in [0.717, 1.165) is 57.0 Å². The van der Waals surface area contributed by atoms with Crippen LogP contribution in [0.4, 0.5) is 11.6 Å². The molecule has 5 heteroatoms. The second-order valence-corrected chi connectivity index (χ2v) is 7.91. The zero-order chi connectivity index (χ0) is 18.3. The molecule has 1 saturated heterocycles. The molecule has 0 amide bonds. The Balaban J connectivity index is 1.31. The van der Waals surface area contributed by atoms with E-state index >= 15 is 0 Å². The van der Waals surface area contributed by atoms with Crippen molar-refractivity contribution in [3.05, 3.63) is 59.9 Å². The van der Waals surface area contributed by atoms with Gasteiger partial charge in [-0.15, -0.1) is 0 Å². The maximum Gasteiger partial charge on any atom is 0.137 e. The van der Waals surface area contributed by atoms with E-state index in [1.165, 1.54) is 21.9 Å². The first-order valence-electron chi connectivity index (χ1n) is 9.80. The maximum atomic E-state index is 6.82. The van der Waals surface area contributed by atoms with Gasteiger partial charge in [-0.05, 0) is 42.0 Å². The fourth-order valence-corrected chi connectivity index (χ4v) is 4.46. The Labute approximate surface area is 159 Å². The number of anilines is 2. The van der Waals surface area contributed by atoms with Gasteiger partial charge in [-0.1, -0.05) is 42.5 Å². The molecule has 0 aliphatic carbocycles. The van der Waals surface area contributed by atoms with E-state index in [1.54, 1.807) is 6.33 Å². The number of rotatable bonds is 3. The van der Waals surface area contributed by atoms with Gasteiger partial charge in [0.05, 0.1) is 0 Å². The summed E-state index contributed by atoms with van der Waals surface area (Å²) < 4.78 is 0. The van der Waals surface area contributed by atoms with Gasteiger partial charge in [0.1, 0.15) is 18.0 Å². The van der Waals surface area contributed by atoms with Crippen molar-refractivity contribution >= 4 is 22.4 Å². The van der Waals surface area contributed by atoms with Gasteiger partial charge < -0.3 is 16.0 Å². The molecule has 2 aliphatic rings. The summed E-state index contributed by atoms with van der Waals surface area (Å²) in [6, 6.07) is 15.2. The molecule has 2 aromatic carbocycles. The number of nitrogens with one attached hydrogen (secondary N) is 1. The van der Waals surface area contributed by atoms with E-state index in [2.05, 4.69) is 62.6 Å². The SMILES string of the molecule is NC1(Cc2ccc3ccccc3c2)CCN(c2ncnc3c2CCN3)CC1. The topological polar surface area (TPSA) is 67.1 Å². The van der Waals surface area contributed by atoms with E-state index in [9.17, 15) is 0 Å². The highest BCUT2D eigenvalue weighted by Crippen LogP contribution is 2.32. The van der Waals surface area contributed by atoms with E-state index in [-0.39, 0.29) is 5.54 Å². The Bertz CT molecular complexity index is 975. The summed E-state index contributed by atoms with van der Waals surface area (Å²) in [6.07, 6.45) is 5.56. The van der Waals surface area contributed by atoms with Crippen LogP contribution in [0.3, 0.4) is 0 Å². The van der Waals surface area contributed by atoms with Crippen LogP contribution in [0.5, 0.6) is 0 Å². The number of benzene rings is 2. The van der Waals surface area contributed by atoms with Crippen molar-refractivity contribution in [1.29, 1.82) is 0 Å². The molecular formula is C22H25N5. The van der Waals surface area contributed by atoms with Crippen molar-refractivity contribution in [2.45, 2.75) is 31.2 Å². The number of fused-ring (bicyclic) bond motifs is 2.